The Hall–Kier alpha value is -2.63. The van der Waals surface area contributed by atoms with E-state index in [2.05, 4.69) is 5.32 Å². The van der Waals surface area contributed by atoms with Crippen LogP contribution in [0.15, 0.2) is 54.6 Å². The lowest BCUT2D eigenvalue weighted by molar-refractivity contribution is -0.141. The SMILES string of the molecule is COC(=O)C(CP(=O)(O)CCCCc1ccccc1)c1cccc(NC(=O)OC(C)(C)C)c1. The Morgan fingerprint density at radius 2 is 1.76 bits per heavy atom. The highest BCUT2D eigenvalue weighted by Gasteiger charge is 2.31. The third kappa shape index (κ3) is 9.80. The number of ether oxygens (including phenoxy) is 2. The highest BCUT2D eigenvalue weighted by atomic mass is 31.2. The summed E-state index contributed by atoms with van der Waals surface area (Å²) in [5, 5.41) is 2.63. The molecule has 0 spiro atoms. The minimum Gasteiger partial charge on any atom is -0.469 e. The van der Waals surface area contributed by atoms with E-state index < -0.39 is 31.0 Å². The van der Waals surface area contributed by atoms with Gasteiger partial charge < -0.3 is 14.4 Å². The van der Waals surface area contributed by atoms with Crippen molar-refractivity contribution in [3.8, 4) is 0 Å². The predicted octanol–water partition coefficient (Wildman–Crippen LogP) is 5.58. The number of hydrogen-bond acceptors (Lipinski definition) is 5. The number of carbonyl (C=O) groups excluding carboxylic acids is 2. The lowest BCUT2D eigenvalue weighted by Crippen LogP contribution is -2.27. The van der Waals surface area contributed by atoms with Crippen LogP contribution in [-0.4, -0.2) is 42.0 Å². The molecule has 0 heterocycles. The summed E-state index contributed by atoms with van der Waals surface area (Å²) in [7, 11) is -2.34. The van der Waals surface area contributed by atoms with E-state index in [0.29, 0.717) is 17.7 Å². The maximum atomic E-state index is 12.9. The smallest absolute Gasteiger partial charge is 0.412 e. The molecule has 2 N–H and O–H groups in total. The topological polar surface area (TPSA) is 102 Å². The van der Waals surface area contributed by atoms with Crippen molar-refractivity contribution in [2.45, 2.75) is 51.6 Å². The number of anilines is 1. The second kappa shape index (κ2) is 12.0. The first-order valence-corrected chi connectivity index (χ1v) is 13.0. The lowest BCUT2D eigenvalue weighted by atomic mass is 10.0. The van der Waals surface area contributed by atoms with Crippen molar-refractivity contribution >= 4 is 25.1 Å². The molecular formula is C25H34NO6P. The van der Waals surface area contributed by atoms with Crippen LogP contribution in [0.25, 0.3) is 0 Å². The fourth-order valence-corrected chi connectivity index (χ4v) is 5.25. The Bertz CT molecular complexity index is 970. The Labute approximate surface area is 196 Å². The molecule has 2 aromatic rings. The van der Waals surface area contributed by atoms with Crippen LogP contribution in [0, 0.1) is 0 Å². The van der Waals surface area contributed by atoms with E-state index in [4.69, 9.17) is 9.47 Å². The summed E-state index contributed by atoms with van der Waals surface area (Å²) in [4.78, 5) is 35.1. The van der Waals surface area contributed by atoms with Crippen molar-refractivity contribution in [1.82, 2.24) is 0 Å². The summed E-state index contributed by atoms with van der Waals surface area (Å²) in [6, 6.07) is 16.6. The number of amides is 1. The Morgan fingerprint density at radius 3 is 2.39 bits per heavy atom. The van der Waals surface area contributed by atoms with Gasteiger partial charge >= 0.3 is 12.1 Å². The molecule has 2 aromatic carbocycles. The van der Waals surface area contributed by atoms with Crippen molar-refractivity contribution in [3.63, 3.8) is 0 Å². The molecule has 0 aliphatic carbocycles. The molecule has 33 heavy (non-hydrogen) atoms. The first-order valence-electron chi connectivity index (χ1n) is 11.0. The summed E-state index contributed by atoms with van der Waals surface area (Å²) >= 11 is 0. The van der Waals surface area contributed by atoms with Gasteiger partial charge in [-0.25, -0.2) is 4.79 Å². The van der Waals surface area contributed by atoms with Gasteiger partial charge in [-0.1, -0.05) is 42.5 Å². The van der Waals surface area contributed by atoms with Crippen LogP contribution in [0.4, 0.5) is 10.5 Å². The van der Waals surface area contributed by atoms with Crippen molar-refractivity contribution in [2.75, 3.05) is 24.8 Å². The molecule has 0 aromatic heterocycles. The Balaban J connectivity index is 2.03. The molecule has 1 amide bonds. The molecule has 8 heteroatoms. The van der Waals surface area contributed by atoms with Crippen LogP contribution < -0.4 is 5.32 Å². The van der Waals surface area contributed by atoms with Crippen LogP contribution in [0.5, 0.6) is 0 Å². The van der Waals surface area contributed by atoms with Crippen molar-refractivity contribution < 1.29 is 28.5 Å². The molecule has 2 atom stereocenters. The number of rotatable bonds is 10. The van der Waals surface area contributed by atoms with Crippen molar-refractivity contribution in [2.24, 2.45) is 0 Å². The van der Waals surface area contributed by atoms with E-state index in [0.717, 1.165) is 12.8 Å². The van der Waals surface area contributed by atoms with Crippen LogP contribution in [0.1, 0.15) is 50.7 Å². The maximum Gasteiger partial charge on any atom is 0.412 e. The molecule has 0 saturated carbocycles. The zero-order chi connectivity index (χ0) is 24.5. The van der Waals surface area contributed by atoms with E-state index in [-0.39, 0.29) is 12.3 Å². The largest absolute Gasteiger partial charge is 0.469 e. The van der Waals surface area contributed by atoms with Gasteiger partial charge in [0.1, 0.15) is 5.60 Å². The second-order valence-electron chi connectivity index (χ2n) is 9.02. The Morgan fingerprint density at radius 1 is 1.06 bits per heavy atom. The first-order chi connectivity index (χ1) is 15.5. The fraction of sp³-hybridized carbons (Fsp3) is 0.440. The van der Waals surface area contributed by atoms with Gasteiger partial charge in [-0.15, -0.1) is 0 Å². The number of nitrogens with one attached hydrogen (secondary N) is 1. The van der Waals surface area contributed by atoms with Crippen molar-refractivity contribution in [1.29, 1.82) is 0 Å². The number of benzene rings is 2. The van der Waals surface area contributed by atoms with Gasteiger partial charge in [-0.3, -0.25) is 14.7 Å². The summed E-state index contributed by atoms with van der Waals surface area (Å²) in [6.45, 7) is 5.28. The van der Waals surface area contributed by atoms with E-state index in [1.54, 1.807) is 45.0 Å². The summed E-state index contributed by atoms with van der Waals surface area (Å²) in [5.74, 6) is -1.51. The number of carbonyl (C=O) groups is 2. The molecule has 0 aliphatic rings. The van der Waals surface area contributed by atoms with Gasteiger partial charge in [0.25, 0.3) is 0 Å². The number of aryl methyl sites for hydroxylation is 1. The molecule has 2 unspecified atom stereocenters. The van der Waals surface area contributed by atoms with E-state index in [9.17, 15) is 19.0 Å². The molecule has 0 aliphatic heterocycles. The summed E-state index contributed by atoms with van der Waals surface area (Å²) in [5.41, 5.74) is 1.45. The third-order valence-corrected chi connectivity index (χ3v) is 6.90. The van der Waals surface area contributed by atoms with Gasteiger partial charge in [0.05, 0.1) is 13.0 Å². The second-order valence-corrected chi connectivity index (χ2v) is 11.5. The maximum absolute atomic E-state index is 12.9. The van der Waals surface area contributed by atoms with Crippen LogP contribution in [0.3, 0.4) is 0 Å². The van der Waals surface area contributed by atoms with Crippen LogP contribution in [-0.2, 0) is 25.3 Å². The fourth-order valence-electron chi connectivity index (χ4n) is 3.42. The first kappa shape index (κ1) is 26.6. The molecular weight excluding hydrogens is 441 g/mol. The van der Waals surface area contributed by atoms with Gasteiger partial charge in [-0.05, 0) is 63.3 Å². The quantitative estimate of drug-likeness (QED) is 0.264. The number of methoxy groups -OCH3 is 1. The summed E-state index contributed by atoms with van der Waals surface area (Å²) in [6.07, 6.45) is 1.48. The van der Waals surface area contributed by atoms with Gasteiger partial charge in [-0.2, -0.15) is 0 Å². The normalized spacial score (nSPS) is 14.1. The molecule has 0 saturated heterocycles. The monoisotopic (exact) mass is 475 g/mol. The predicted molar refractivity (Wildman–Crippen MR) is 130 cm³/mol. The standard InChI is InChI=1S/C25H34NO6P/c1-25(2,3)32-24(28)26-21-15-10-14-20(17-21)22(23(27)31-4)18-33(29,30)16-9-8-13-19-11-6-5-7-12-19/h5-7,10-12,14-15,17,22H,8-9,13,16,18H2,1-4H3,(H,26,28)(H,29,30). The number of unbranched alkanes of at least 4 members (excludes halogenated alkanes) is 1. The van der Waals surface area contributed by atoms with E-state index in [1.807, 2.05) is 30.3 Å². The van der Waals surface area contributed by atoms with Gasteiger partial charge in [0, 0.05) is 18.0 Å². The van der Waals surface area contributed by atoms with Gasteiger partial charge in [0.2, 0.25) is 7.37 Å². The molecule has 0 bridgehead atoms. The Kier molecular flexibility index (Phi) is 9.69. The minimum atomic E-state index is -3.59. The van der Waals surface area contributed by atoms with Crippen molar-refractivity contribution in [3.05, 3.63) is 65.7 Å². The zero-order valence-electron chi connectivity index (χ0n) is 19.7. The minimum absolute atomic E-state index is 0.128. The number of esters is 1. The molecule has 0 radical (unpaired) electrons. The van der Waals surface area contributed by atoms with Crippen LogP contribution >= 0.6 is 7.37 Å². The van der Waals surface area contributed by atoms with E-state index in [1.165, 1.54) is 12.7 Å². The van der Waals surface area contributed by atoms with Crippen LogP contribution in [0.2, 0.25) is 0 Å². The average molecular weight is 476 g/mol. The number of hydrogen-bond donors (Lipinski definition) is 2. The highest BCUT2D eigenvalue weighted by molar-refractivity contribution is 7.58. The third-order valence-electron chi connectivity index (χ3n) is 4.95. The summed E-state index contributed by atoms with van der Waals surface area (Å²) < 4.78 is 23.1. The van der Waals surface area contributed by atoms with E-state index >= 15 is 0 Å². The molecule has 180 valence electrons. The molecule has 2 rings (SSSR count). The van der Waals surface area contributed by atoms with Gasteiger partial charge in [0.15, 0.2) is 0 Å². The lowest BCUT2D eigenvalue weighted by Gasteiger charge is -2.21. The molecule has 7 nitrogen and oxygen atoms in total. The highest BCUT2D eigenvalue weighted by Crippen LogP contribution is 2.46. The average Bonchev–Trinajstić information content (AvgIpc) is 2.74. The molecule has 0 fully saturated rings. The zero-order valence-corrected chi connectivity index (χ0v) is 20.6.